The SMILES string of the molecule is CC(C)(C)NC1CCN(c2c(C#N)c(Nc3ccc(OC(F)(F)F)cc3)nc3ccccc23)CC1. The molecule has 6 nitrogen and oxygen atoms in total. The van der Waals surface area contributed by atoms with E-state index in [9.17, 15) is 18.4 Å². The number of aromatic nitrogens is 1. The first-order valence-electron chi connectivity index (χ1n) is 11.5. The van der Waals surface area contributed by atoms with Gasteiger partial charge in [0.2, 0.25) is 0 Å². The summed E-state index contributed by atoms with van der Waals surface area (Å²) < 4.78 is 41.3. The molecule has 35 heavy (non-hydrogen) atoms. The average Bonchev–Trinajstić information content (AvgIpc) is 2.78. The highest BCUT2D eigenvalue weighted by Crippen LogP contribution is 2.37. The smallest absolute Gasteiger partial charge is 0.406 e. The molecule has 0 atom stereocenters. The fraction of sp³-hybridized carbons (Fsp3) is 0.385. The molecule has 0 bridgehead atoms. The molecule has 1 aromatic heterocycles. The lowest BCUT2D eigenvalue weighted by atomic mass is 9.98. The predicted molar refractivity (Wildman–Crippen MR) is 131 cm³/mol. The van der Waals surface area contributed by atoms with Crippen LogP contribution in [0.4, 0.5) is 30.4 Å². The van der Waals surface area contributed by atoms with Gasteiger partial charge in [-0.2, -0.15) is 5.26 Å². The van der Waals surface area contributed by atoms with Gasteiger partial charge in [0, 0.05) is 35.7 Å². The van der Waals surface area contributed by atoms with E-state index >= 15 is 0 Å². The molecule has 4 rings (SSSR count). The number of alkyl halides is 3. The summed E-state index contributed by atoms with van der Waals surface area (Å²) in [5.74, 6) is 0.0445. The van der Waals surface area contributed by atoms with Crippen LogP contribution in [0, 0.1) is 11.3 Å². The molecule has 1 saturated heterocycles. The summed E-state index contributed by atoms with van der Waals surface area (Å²) in [6.45, 7) is 8.05. The Morgan fingerprint density at radius 2 is 1.69 bits per heavy atom. The van der Waals surface area contributed by atoms with E-state index in [1.165, 1.54) is 24.3 Å². The van der Waals surface area contributed by atoms with Gasteiger partial charge in [-0.3, -0.25) is 0 Å². The third-order valence-corrected chi connectivity index (χ3v) is 5.78. The number of piperidine rings is 1. The Bertz CT molecular complexity index is 1220. The summed E-state index contributed by atoms with van der Waals surface area (Å²) in [5.41, 5.74) is 2.49. The van der Waals surface area contributed by atoms with Crippen molar-refractivity contribution in [3.63, 3.8) is 0 Å². The summed E-state index contributed by atoms with van der Waals surface area (Å²) in [4.78, 5) is 6.89. The van der Waals surface area contributed by atoms with Crippen LogP contribution in [0.15, 0.2) is 48.5 Å². The second-order valence-corrected chi connectivity index (χ2v) is 9.67. The minimum absolute atomic E-state index is 0.0335. The second kappa shape index (κ2) is 9.62. The number of para-hydroxylation sites is 1. The molecule has 0 unspecified atom stereocenters. The molecule has 184 valence electrons. The van der Waals surface area contributed by atoms with Crippen LogP contribution >= 0.6 is 0 Å². The molecule has 2 N–H and O–H groups in total. The highest BCUT2D eigenvalue weighted by molar-refractivity contribution is 5.98. The number of nitrogens with zero attached hydrogens (tertiary/aromatic N) is 3. The van der Waals surface area contributed by atoms with Crippen molar-refractivity contribution >= 4 is 28.1 Å². The lowest BCUT2D eigenvalue weighted by Crippen LogP contribution is -2.49. The monoisotopic (exact) mass is 483 g/mol. The molecule has 2 aromatic carbocycles. The molecule has 0 saturated carbocycles. The van der Waals surface area contributed by atoms with Crippen LogP contribution in [0.5, 0.6) is 5.75 Å². The van der Waals surface area contributed by atoms with Crippen molar-refractivity contribution in [1.82, 2.24) is 10.3 Å². The summed E-state index contributed by atoms with van der Waals surface area (Å²) in [6, 6.07) is 15.7. The van der Waals surface area contributed by atoms with E-state index in [4.69, 9.17) is 0 Å². The first-order chi connectivity index (χ1) is 16.5. The van der Waals surface area contributed by atoms with Gasteiger partial charge in [-0.05, 0) is 63.9 Å². The third kappa shape index (κ3) is 6.14. The molecule has 2 heterocycles. The topological polar surface area (TPSA) is 73.2 Å². The maximum absolute atomic E-state index is 12.5. The quantitative estimate of drug-likeness (QED) is 0.457. The molecule has 1 aliphatic heterocycles. The van der Waals surface area contributed by atoms with Gasteiger partial charge in [0.25, 0.3) is 0 Å². The zero-order valence-electron chi connectivity index (χ0n) is 19.9. The highest BCUT2D eigenvalue weighted by Gasteiger charge is 2.31. The molecular weight excluding hydrogens is 455 g/mol. The van der Waals surface area contributed by atoms with Crippen molar-refractivity contribution < 1.29 is 17.9 Å². The number of rotatable bonds is 5. The fourth-order valence-corrected chi connectivity index (χ4v) is 4.46. The molecule has 0 amide bonds. The van der Waals surface area contributed by atoms with Gasteiger partial charge in [-0.1, -0.05) is 18.2 Å². The fourth-order valence-electron chi connectivity index (χ4n) is 4.46. The highest BCUT2D eigenvalue weighted by atomic mass is 19.4. The van der Waals surface area contributed by atoms with Gasteiger partial charge in [0.15, 0.2) is 5.82 Å². The lowest BCUT2D eigenvalue weighted by molar-refractivity contribution is -0.274. The van der Waals surface area contributed by atoms with Gasteiger partial charge < -0.3 is 20.3 Å². The summed E-state index contributed by atoms with van der Waals surface area (Å²) >= 11 is 0. The van der Waals surface area contributed by atoms with Crippen LogP contribution < -0.4 is 20.3 Å². The number of pyridine rings is 1. The number of fused-ring (bicyclic) bond motifs is 1. The Morgan fingerprint density at radius 1 is 1.03 bits per heavy atom. The van der Waals surface area contributed by atoms with Crippen molar-refractivity contribution in [3.05, 3.63) is 54.1 Å². The van der Waals surface area contributed by atoms with Crippen molar-refractivity contribution in [3.8, 4) is 11.8 Å². The number of anilines is 3. The Kier molecular flexibility index (Phi) is 6.77. The molecule has 3 aromatic rings. The van der Waals surface area contributed by atoms with Crippen LogP contribution in [0.3, 0.4) is 0 Å². The van der Waals surface area contributed by atoms with Gasteiger partial charge in [-0.25, -0.2) is 4.98 Å². The standard InChI is InChI=1S/C26H28F3N5O/c1-25(2,3)33-18-12-14-34(15-13-18)23-20-6-4-5-7-22(20)32-24(21(23)16-30)31-17-8-10-19(11-9-17)35-26(27,28)29/h4-11,18,33H,12-15H2,1-3H3,(H,31,32). The number of hydrogen-bond acceptors (Lipinski definition) is 6. The molecule has 9 heteroatoms. The van der Waals surface area contributed by atoms with E-state index in [0.717, 1.165) is 42.5 Å². The Balaban J connectivity index is 1.65. The minimum Gasteiger partial charge on any atom is -0.406 e. The van der Waals surface area contributed by atoms with Gasteiger partial charge in [0.05, 0.1) is 11.2 Å². The summed E-state index contributed by atoms with van der Waals surface area (Å²) in [5, 5.41) is 17.8. The first kappa shape index (κ1) is 24.6. The first-order valence-corrected chi connectivity index (χ1v) is 11.5. The summed E-state index contributed by atoms with van der Waals surface area (Å²) in [7, 11) is 0. The Hall–Kier alpha value is -3.51. The zero-order valence-corrected chi connectivity index (χ0v) is 19.9. The number of halogens is 3. The molecule has 1 fully saturated rings. The van der Waals surface area contributed by atoms with Crippen LogP contribution in [0.25, 0.3) is 10.9 Å². The maximum Gasteiger partial charge on any atom is 0.573 e. The normalized spacial score (nSPS) is 15.2. The van der Waals surface area contributed by atoms with E-state index in [0.29, 0.717) is 23.1 Å². The lowest BCUT2D eigenvalue weighted by Gasteiger charge is -2.38. The van der Waals surface area contributed by atoms with Gasteiger partial charge in [-0.15, -0.1) is 13.2 Å². The van der Waals surface area contributed by atoms with Gasteiger partial charge >= 0.3 is 6.36 Å². The zero-order chi connectivity index (χ0) is 25.2. The summed E-state index contributed by atoms with van der Waals surface area (Å²) in [6.07, 6.45) is -2.86. The largest absolute Gasteiger partial charge is 0.573 e. The van der Waals surface area contributed by atoms with Crippen LogP contribution in [-0.2, 0) is 0 Å². The maximum atomic E-state index is 12.5. The number of ether oxygens (including phenoxy) is 1. The van der Waals surface area contributed by atoms with Crippen molar-refractivity contribution in [1.29, 1.82) is 5.26 Å². The van der Waals surface area contributed by atoms with Crippen LogP contribution in [-0.4, -0.2) is 36.0 Å². The molecule has 1 aliphatic rings. The molecule has 0 spiro atoms. The van der Waals surface area contributed by atoms with E-state index < -0.39 is 6.36 Å². The Morgan fingerprint density at radius 3 is 2.29 bits per heavy atom. The predicted octanol–water partition coefficient (Wildman–Crippen LogP) is 6.11. The van der Waals surface area contributed by atoms with Crippen molar-refractivity contribution in [2.45, 2.75) is 51.6 Å². The number of nitrogens with one attached hydrogen (secondary N) is 2. The van der Waals surface area contributed by atoms with E-state index in [2.05, 4.69) is 52.1 Å². The average molecular weight is 484 g/mol. The third-order valence-electron chi connectivity index (χ3n) is 5.78. The van der Waals surface area contributed by atoms with E-state index in [1.807, 2.05) is 24.3 Å². The van der Waals surface area contributed by atoms with Crippen molar-refractivity contribution in [2.24, 2.45) is 0 Å². The Labute approximate surface area is 202 Å². The molecule has 0 radical (unpaired) electrons. The van der Waals surface area contributed by atoms with Crippen LogP contribution in [0.2, 0.25) is 0 Å². The molecular formula is C26H28F3N5O. The van der Waals surface area contributed by atoms with Crippen LogP contribution in [0.1, 0.15) is 39.2 Å². The number of benzene rings is 2. The number of hydrogen-bond donors (Lipinski definition) is 2. The van der Waals surface area contributed by atoms with Gasteiger partial charge in [0.1, 0.15) is 17.4 Å². The van der Waals surface area contributed by atoms with E-state index in [1.54, 1.807) is 0 Å². The second-order valence-electron chi connectivity index (χ2n) is 9.67. The van der Waals surface area contributed by atoms with Crippen molar-refractivity contribution in [2.75, 3.05) is 23.3 Å². The minimum atomic E-state index is -4.76. The van der Waals surface area contributed by atoms with E-state index in [-0.39, 0.29) is 11.3 Å². The number of nitriles is 1. The molecule has 0 aliphatic carbocycles.